The minimum Gasteiger partial charge on any atom is -0.321 e. The minimum atomic E-state index is -0.0918. The lowest BCUT2D eigenvalue weighted by atomic mass is 10.2. The van der Waals surface area contributed by atoms with Crippen LogP contribution in [0.25, 0.3) is 0 Å². The Kier molecular flexibility index (Phi) is 5.33. The number of carbonyl (C=O) groups excluding carboxylic acids is 1. The second-order valence-electron chi connectivity index (χ2n) is 6.11. The van der Waals surface area contributed by atoms with Gasteiger partial charge >= 0.3 is 0 Å². The maximum absolute atomic E-state index is 12.5. The molecule has 3 N–H and O–H groups in total. The predicted molar refractivity (Wildman–Crippen MR) is 95.5 cm³/mol. The van der Waals surface area contributed by atoms with Crippen LogP contribution in [0.2, 0.25) is 5.02 Å². The number of amides is 1. The van der Waals surface area contributed by atoms with Crippen molar-refractivity contribution in [3.05, 3.63) is 53.7 Å². The summed E-state index contributed by atoms with van der Waals surface area (Å²) in [6, 6.07) is 13.3. The third-order valence-electron chi connectivity index (χ3n) is 4.54. The highest BCUT2D eigenvalue weighted by Gasteiger charge is 2.32. The summed E-state index contributed by atoms with van der Waals surface area (Å²) >= 11 is 5.97. The maximum Gasteiger partial charge on any atom is 0.282 e. The standard InChI is InChI=1S/C18H21ClN4O/c1-14(18(24)21-16-6-4-5-15(19)13-16)22-9-11-23(12-10-22)17-7-2-3-8-20-17/h2-8,13-14H,9-12H2,1H3,(H,21,24)/p+2/t14-/m1/s1. The Morgan fingerprint density at radius 2 is 2.04 bits per heavy atom. The van der Waals surface area contributed by atoms with Crippen molar-refractivity contribution in [3.63, 3.8) is 0 Å². The number of benzene rings is 1. The SMILES string of the molecule is C[C@H](C(=O)Nc1cccc(Cl)c1)[NH+]1CCN(c2cccc[nH+]2)CC1. The molecule has 6 heteroatoms. The van der Waals surface area contributed by atoms with Crippen molar-refractivity contribution in [3.8, 4) is 0 Å². The zero-order chi connectivity index (χ0) is 16.9. The molecule has 0 bridgehead atoms. The number of hydrogen-bond acceptors (Lipinski definition) is 2. The third-order valence-corrected chi connectivity index (χ3v) is 4.77. The number of H-pyrrole nitrogens is 1. The van der Waals surface area contributed by atoms with Gasteiger partial charge in [-0.15, -0.1) is 0 Å². The summed E-state index contributed by atoms with van der Waals surface area (Å²) in [5.74, 6) is 1.17. The van der Waals surface area contributed by atoms with E-state index in [9.17, 15) is 4.79 Å². The second kappa shape index (κ2) is 7.64. The number of rotatable bonds is 4. The number of aromatic amines is 1. The molecular weight excluding hydrogens is 324 g/mol. The van der Waals surface area contributed by atoms with E-state index < -0.39 is 0 Å². The summed E-state index contributed by atoms with van der Waals surface area (Å²) in [6.07, 6.45) is 1.94. The summed E-state index contributed by atoms with van der Waals surface area (Å²) < 4.78 is 0. The first kappa shape index (κ1) is 16.7. The number of nitrogens with one attached hydrogen (secondary N) is 3. The molecule has 3 rings (SSSR count). The second-order valence-corrected chi connectivity index (χ2v) is 6.55. The van der Waals surface area contributed by atoms with Crippen molar-refractivity contribution in [1.29, 1.82) is 0 Å². The van der Waals surface area contributed by atoms with Crippen LogP contribution in [0.5, 0.6) is 0 Å². The molecule has 1 fully saturated rings. The molecule has 24 heavy (non-hydrogen) atoms. The van der Waals surface area contributed by atoms with Crippen molar-refractivity contribution in [2.24, 2.45) is 0 Å². The Bertz CT molecular complexity index is 686. The molecule has 0 saturated carbocycles. The molecule has 0 spiro atoms. The molecule has 0 aliphatic carbocycles. The monoisotopic (exact) mass is 346 g/mol. The number of halogens is 1. The average Bonchev–Trinajstić information content (AvgIpc) is 2.62. The van der Waals surface area contributed by atoms with Crippen LogP contribution >= 0.6 is 11.6 Å². The number of nitrogens with zero attached hydrogens (tertiary/aromatic N) is 1. The van der Waals surface area contributed by atoms with Crippen molar-refractivity contribution in [2.75, 3.05) is 36.4 Å². The van der Waals surface area contributed by atoms with E-state index in [4.69, 9.17) is 11.6 Å². The molecule has 1 saturated heterocycles. The van der Waals surface area contributed by atoms with Crippen molar-refractivity contribution >= 4 is 29.0 Å². The van der Waals surface area contributed by atoms with E-state index in [2.05, 4.69) is 21.3 Å². The Balaban J connectivity index is 1.55. The number of piperazine rings is 1. The number of quaternary nitrogens is 1. The summed E-state index contributed by atoms with van der Waals surface area (Å²) in [6.45, 7) is 5.73. The molecule has 1 aliphatic heterocycles. The fraction of sp³-hybridized carbons (Fsp3) is 0.333. The molecule has 0 radical (unpaired) electrons. The number of carbonyl (C=O) groups is 1. The van der Waals surface area contributed by atoms with Gasteiger partial charge in [-0.05, 0) is 31.2 Å². The molecule has 2 heterocycles. The van der Waals surface area contributed by atoms with Gasteiger partial charge in [-0.25, -0.2) is 4.98 Å². The van der Waals surface area contributed by atoms with Crippen LogP contribution in [0.4, 0.5) is 11.5 Å². The van der Waals surface area contributed by atoms with Gasteiger partial charge < -0.3 is 10.2 Å². The molecule has 126 valence electrons. The van der Waals surface area contributed by atoms with Crippen LogP contribution in [0.15, 0.2) is 48.7 Å². The largest absolute Gasteiger partial charge is 0.321 e. The van der Waals surface area contributed by atoms with Crippen molar-refractivity contribution in [2.45, 2.75) is 13.0 Å². The van der Waals surface area contributed by atoms with E-state index >= 15 is 0 Å². The Hall–Kier alpha value is -2.11. The van der Waals surface area contributed by atoms with E-state index in [1.807, 2.05) is 37.4 Å². The van der Waals surface area contributed by atoms with Crippen molar-refractivity contribution < 1.29 is 14.7 Å². The normalized spacial score (nSPS) is 16.7. The van der Waals surface area contributed by atoms with Crippen LogP contribution in [0, 0.1) is 0 Å². The lowest BCUT2D eigenvalue weighted by Gasteiger charge is -2.31. The molecular formula is C18H23ClN4O+2. The van der Waals surface area contributed by atoms with Crippen LogP contribution < -0.4 is 20.1 Å². The summed E-state index contributed by atoms with van der Waals surface area (Å²) in [7, 11) is 0. The first-order valence-electron chi connectivity index (χ1n) is 8.26. The quantitative estimate of drug-likeness (QED) is 0.863. The van der Waals surface area contributed by atoms with E-state index in [1.165, 1.54) is 4.90 Å². The predicted octanol–water partition coefficient (Wildman–Crippen LogP) is 0.886. The first-order chi connectivity index (χ1) is 11.6. The number of aromatic nitrogens is 1. The summed E-state index contributed by atoms with van der Waals surface area (Å²) in [5.41, 5.74) is 0.747. The Morgan fingerprint density at radius 3 is 2.71 bits per heavy atom. The van der Waals surface area contributed by atoms with Gasteiger partial charge in [0.2, 0.25) is 0 Å². The molecule has 1 aromatic heterocycles. The first-order valence-corrected chi connectivity index (χ1v) is 8.64. The highest BCUT2D eigenvalue weighted by molar-refractivity contribution is 6.30. The van der Waals surface area contributed by atoms with Gasteiger partial charge in [0, 0.05) is 16.8 Å². The lowest BCUT2D eigenvalue weighted by molar-refractivity contribution is -0.914. The third kappa shape index (κ3) is 4.04. The van der Waals surface area contributed by atoms with Gasteiger partial charge in [0.1, 0.15) is 26.2 Å². The van der Waals surface area contributed by atoms with Crippen LogP contribution in [0.3, 0.4) is 0 Å². The lowest BCUT2D eigenvalue weighted by Crippen LogP contribution is -3.19. The topological polar surface area (TPSA) is 50.9 Å². The van der Waals surface area contributed by atoms with Gasteiger partial charge in [-0.1, -0.05) is 23.7 Å². The van der Waals surface area contributed by atoms with E-state index in [0.29, 0.717) is 5.02 Å². The van der Waals surface area contributed by atoms with E-state index in [0.717, 1.165) is 37.7 Å². The number of hydrogen-bond donors (Lipinski definition) is 2. The molecule has 5 nitrogen and oxygen atoms in total. The number of anilines is 2. The molecule has 1 aliphatic rings. The average molecular weight is 347 g/mol. The summed E-state index contributed by atoms with van der Waals surface area (Å²) in [5, 5.41) is 3.58. The zero-order valence-corrected chi connectivity index (χ0v) is 14.5. The Morgan fingerprint density at radius 1 is 1.25 bits per heavy atom. The molecule has 2 aromatic rings. The minimum absolute atomic E-state index is 0.0343. The highest BCUT2D eigenvalue weighted by atomic mass is 35.5. The fourth-order valence-corrected chi connectivity index (χ4v) is 3.24. The fourth-order valence-electron chi connectivity index (χ4n) is 3.05. The molecule has 1 atom stereocenters. The summed E-state index contributed by atoms with van der Waals surface area (Å²) in [4.78, 5) is 19.4. The van der Waals surface area contributed by atoms with Gasteiger partial charge in [0.15, 0.2) is 6.04 Å². The highest BCUT2D eigenvalue weighted by Crippen LogP contribution is 2.14. The molecule has 1 aromatic carbocycles. The molecule has 1 amide bonds. The maximum atomic E-state index is 12.5. The van der Waals surface area contributed by atoms with Crippen molar-refractivity contribution in [1.82, 2.24) is 0 Å². The smallest absolute Gasteiger partial charge is 0.282 e. The van der Waals surface area contributed by atoms with E-state index in [-0.39, 0.29) is 11.9 Å². The van der Waals surface area contributed by atoms with Crippen LogP contribution in [-0.4, -0.2) is 38.1 Å². The van der Waals surface area contributed by atoms with E-state index in [1.54, 1.807) is 12.1 Å². The zero-order valence-electron chi connectivity index (χ0n) is 13.8. The van der Waals surface area contributed by atoms with Gasteiger partial charge in [0.05, 0.1) is 6.20 Å². The van der Waals surface area contributed by atoms with Gasteiger partial charge in [-0.2, -0.15) is 0 Å². The van der Waals surface area contributed by atoms with Crippen LogP contribution in [-0.2, 0) is 4.79 Å². The van der Waals surface area contributed by atoms with Gasteiger partial charge in [-0.3, -0.25) is 9.69 Å². The number of pyridine rings is 1. The van der Waals surface area contributed by atoms with Crippen LogP contribution in [0.1, 0.15) is 6.92 Å². The Labute approximate surface area is 147 Å². The molecule has 0 unspecified atom stereocenters. The van der Waals surface area contributed by atoms with Gasteiger partial charge in [0.25, 0.3) is 11.7 Å².